The average Bonchev–Trinajstić information content (AvgIpc) is 3.11. The molecule has 3 rings (SSSR count). The van der Waals surface area contributed by atoms with E-state index in [1.165, 1.54) is 30.0 Å². The number of aromatic nitrogens is 2. The second-order valence-corrected chi connectivity index (χ2v) is 9.56. The Bertz CT molecular complexity index is 1160. The molecule has 0 radical (unpaired) electrons. The van der Waals surface area contributed by atoms with E-state index < -0.39 is 15.3 Å². The van der Waals surface area contributed by atoms with Gasteiger partial charge in [0, 0.05) is 23.1 Å². The van der Waals surface area contributed by atoms with Crippen LogP contribution in [0.2, 0.25) is 5.02 Å². The Kier molecular flexibility index (Phi) is 6.33. The lowest BCUT2D eigenvalue weighted by Gasteiger charge is -2.15. The third-order valence-electron chi connectivity index (χ3n) is 4.19. The zero-order valence-corrected chi connectivity index (χ0v) is 18.1. The van der Waals surface area contributed by atoms with E-state index in [4.69, 9.17) is 16.7 Å². The molecular weight excluding hydrogens is 432 g/mol. The fourth-order valence-corrected chi connectivity index (χ4v) is 4.23. The summed E-state index contributed by atoms with van der Waals surface area (Å²) < 4.78 is 24.8. The van der Waals surface area contributed by atoms with E-state index in [2.05, 4.69) is 10.3 Å². The number of carbonyl (C=O) groups excluding carboxylic acids is 1. The number of carbonyl (C=O) groups is 1. The molecule has 29 heavy (non-hydrogen) atoms. The topological polar surface area (TPSA) is 107 Å². The number of primary sulfonamides is 1. The number of halogens is 1. The minimum atomic E-state index is -3.85. The van der Waals surface area contributed by atoms with Gasteiger partial charge in [0.15, 0.2) is 5.16 Å². The Balaban J connectivity index is 1.77. The van der Waals surface area contributed by atoms with Crippen LogP contribution in [0.25, 0.3) is 5.69 Å². The van der Waals surface area contributed by atoms with E-state index in [0.717, 1.165) is 11.3 Å². The lowest BCUT2D eigenvalue weighted by atomic mass is 10.2. The van der Waals surface area contributed by atoms with E-state index >= 15 is 0 Å². The third kappa shape index (κ3) is 4.99. The summed E-state index contributed by atoms with van der Waals surface area (Å²) in [6.45, 7) is 3.66. The third-order valence-corrected chi connectivity index (χ3v) is 6.59. The van der Waals surface area contributed by atoms with Crippen LogP contribution in [0.3, 0.4) is 0 Å². The first kappa shape index (κ1) is 21.4. The van der Waals surface area contributed by atoms with Crippen molar-refractivity contribution in [2.75, 3.05) is 5.32 Å². The Morgan fingerprint density at radius 2 is 2.00 bits per heavy atom. The molecule has 1 unspecified atom stereocenters. The molecule has 0 fully saturated rings. The second-order valence-electron chi connectivity index (χ2n) is 6.29. The minimum absolute atomic E-state index is 0.0671. The first-order valence-electron chi connectivity index (χ1n) is 8.56. The summed E-state index contributed by atoms with van der Waals surface area (Å²) >= 11 is 7.50. The highest BCUT2D eigenvalue weighted by Crippen LogP contribution is 2.29. The van der Waals surface area contributed by atoms with Crippen molar-refractivity contribution in [3.63, 3.8) is 0 Å². The summed E-state index contributed by atoms with van der Waals surface area (Å²) in [6.07, 6.45) is 3.46. The molecule has 0 spiro atoms. The standard InChI is InChI=1S/C19H19ClN4O3S2/c1-12-16(20)7-4-8-17(12)24-10-9-22-19(24)28-13(2)18(25)23-14-5-3-6-15(11-14)29(21,26)27/h3-11,13H,1-2H3,(H,23,25)(H2,21,26,27). The number of amides is 1. The van der Waals surface area contributed by atoms with Crippen LogP contribution >= 0.6 is 23.4 Å². The highest BCUT2D eigenvalue weighted by Gasteiger charge is 2.19. The van der Waals surface area contributed by atoms with Crippen molar-refractivity contribution < 1.29 is 13.2 Å². The van der Waals surface area contributed by atoms with Gasteiger partial charge in [-0.05, 0) is 49.7 Å². The normalized spacial score (nSPS) is 12.6. The van der Waals surface area contributed by atoms with Gasteiger partial charge in [-0.1, -0.05) is 35.5 Å². The molecule has 1 atom stereocenters. The minimum Gasteiger partial charge on any atom is -0.325 e. The predicted octanol–water partition coefficient (Wildman–Crippen LogP) is 3.60. The fourth-order valence-electron chi connectivity index (χ4n) is 2.62. The summed E-state index contributed by atoms with van der Waals surface area (Å²) in [4.78, 5) is 16.9. The van der Waals surface area contributed by atoms with Gasteiger partial charge < -0.3 is 5.32 Å². The first-order valence-corrected chi connectivity index (χ1v) is 11.4. The number of nitrogens with zero attached hydrogens (tertiary/aromatic N) is 2. The lowest BCUT2D eigenvalue weighted by molar-refractivity contribution is -0.115. The molecule has 0 aliphatic heterocycles. The van der Waals surface area contributed by atoms with Crippen molar-refractivity contribution in [1.29, 1.82) is 0 Å². The molecule has 0 aliphatic carbocycles. The molecular formula is C19H19ClN4O3S2. The molecule has 1 aromatic heterocycles. The molecule has 3 N–H and O–H groups in total. The van der Waals surface area contributed by atoms with E-state index in [1.54, 1.807) is 25.4 Å². The van der Waals surface area contributed by atoms with Crippen LogP contribution < -0.4 is 10.5 Å². The van der Waals surface area contributed by atoms with E-state index in [-0.39, 0.29) is 10.8 Å². The monoisotopic (exact) mass is 450 g/mol. The van der Waals surface area contributed by atoms with Gasteiger partial charge in [0.05, 0.1) is 15.8 Å². The van der Waals surface area contributed by atoms with Gasteiger partial charge in [0.2, 0.25) is 15.9 Å². The van der Waals surface area contributed by atoms with Crippen molar-refractivity contribution in [2.45, 2.75) is 29.1 Å². The number of hydrogen-bond donors (Lipinski definition) is 2. The quantitative estimate of drug-likeness (QED) is 0.558. The number of thioether (sulfide) groups is 1. The molecule has 10 heteroatoms. The van der Waals surface area contributed by atoms with Crippen molar-refractivity contribution >= 4 is 45.0 Å². The SMILES string of the molecule is Cc1c(Cl)cccc1-n1ccnc1SC(C)C(=O)Nc1cccc(S(N)(=O)=O)c1. The molecule has 3 aromatic rings. The van der Waals surface area contributed by atoms with Gasteiger partial charge in [-0.15, -0.1) is 0 Å². The van der Waals surface area contributed by atoms with Gasteiger partial charge in [-0.25, -0.2) is 18.5 Å². The van der Waals surface area contributed by atoms with Gasteiger partial charge in [-0.3, -0.25) is 9.36 Å². The van der Waals surface area contributed by atoms with Crippen LogP contribution in [0, 0.1) is 6.92 Å². The average molecular weight is 451 g/mol. The van der Waals surface area contributed by atoms with Crippen molar-refractivity contribution in [3.05, 3.63) is 65.4 Å². The van der Waals surface area contributed by atoms with Crippen LogP contribution in [0.1, 0.15) is 12.5 Å². The zero-order valence-electron chi connectivity index (χ0n) is 15.7. The summed E-state index contributed by atoms with van der Waals surface area (Å²) in [5.74, 6) is -0.293. The van der Waals surface area contributed by atoms with Crippen LogP contribution in [0.4, 0.5) is 5.69 Å². The highest BCUT2D eigenvalue weighted by atomic mass is 35.5. The number of benzene rings is 2. The largest absolute Gasteiger partial charge is 0.325 e. The van der Waals surface area contributed by atoms with E-state index in [1.807, 2.05) is 29.7 Å². The maximum absolute atomic E-state index is 12.6. The number of rotatable bonds is 6. The first-order chi connectivity index (χ1) is 13.7. The summed E-state index contributed by atoms with van der Waals surface area (Å²) in [7, 11) is -3.85. The van der Waals surface area contributed by atoms with Crippen molar-refractivity contribution in [2.24, 2.45) is 5.14 Å². The van der Waals surface area contributed by atoms with Gasteiger partial charge >= 0.3 is 0 Å². The van der Waals surface area contributed by atoms with Crippen LogP contribution in [0.15, 0.2) is 64.9 Å². The van der Waals surface area contributed by atoms with Crippen LogP contribution in [0.5, 0.6) is 0 Å². The molecule has 152 valence electrons. The van der Waals surface area contributed by atoms with Crippen molar-refractivity contribution in [3.8, 4) is 5.69 Å². The highest BCUT2D eigenvalue weighted by molar-refractivity contribution is 8.00. The smallest absolute Gasteiger partial charge is 0.238 e. The Morgan fingerprint density at radius 3 is 2.72 bits per heavy atom. The van der Waals surface area contributed by atoms with Gasteiger partial charge in [0.25, 0.3) is 0 Å². The molecule has 2 aromatic carbocycles. The zero-order chi connectivity index (χ0) is 21.2. The maximum Gasteiger partial charge on any atom is 0.238 e. The Hall–Kier alpha value is -2.33. The second kappa shape index (κ2) is 8.58. The van der Waals surface area contributed by atoms with Crippen LogP contribution in [-0.2, 0) is 14.8 Å². The molecule has 1 amide bonds. The lowest BCUT2D eigenvalue weighted by Crippen LogP contribution is -2.23. The fraction of sp³-hybridized carbons (Fsp3) is 0.158. The van der Waals surface area contributed by atoms with E-state index in [0.29, 0.717) is 15.9 Å². The molecule has 0 bridgehead atoms. The Labute approximate surface area is 178 Å². The van der Waals surface area contributed by atoms with E-state index in [9.17, 15) is 13.2 Å². The molecule has 7 nitrogen and oxygen atoms in total. The number of anilines is 1. The number of sulfonamides is 1. The van der Waals surface area contributed by atoms with Gasteiger partial charge in [-0.2, -0.15) is 0 Å². The number of hydrogen-bond acceptors (Lipinski definition) is 5. The van der Waals surface area contributed by atoms with Crippen molar-refractivity contribution in [1.82, 2.24) is 9.55 Å². The molecule has 0 saturated carbocycles. The molecule has 1 heterocycles. The van der Waals surface area contributed by atoms with Gasteiger partial charge in [0.1, 0.15) is 0 Å². The number of nitrogens with two attached hydrogens (primary N) is 1. The maximum atomic E-state index is 12.6. The van der Waals surface area contributed by atoms with Crippen LogP contribution in [-0.4, -0.2) is 29.1 Å². The summed E-state index contributed by atoms with van der Waals surface area (Å²) in [5.41, 5.74) is 2.14. The summed E-state index contributed by atoms with van der Waals surface area (Å²) in [6, 6.07) is 11.4. The predicted molar refractivity (Wildman–Crippen MR) is 115 cm³/mol. The molecule has 0 saturated heterocycles. The Morgan fingerprint density at radius 1 is 1.28 bits per heavy atom. The number of imidazole rings is 1. The molecule has 0 aliphatic rings. The number of nitrogens with one attached hydrogen (secondary N) is 1. The summed E-state index contributed by atoms with van der Waals surface area (Å²) in [5, 5.41) is 8.63.